The Kier molecular flexibility index (Phi) is 4.87. The maximum absolute atomic E-state index is 12.1. The normalized spacial score (nSPS) is 10.3. The van der Waals surface area contributed by atoms with Gasteiger partial charge in [-0.25, -0.2) is 0 Å². The van der Waals surface area contributed by atoms with Gasteiger partial charge in [0.1, 0.15) is 5.76 Å². The van der Waals surface area contributed by atoms with E-state index < -0.39 is 0 Å². The molecule has 0 saturated heterocycles. The van der Waals surface area contributed by atoms with Gasteiger partial charge in [-0.15, -0.1) is 0 Å². The second-order valence-electron chi connectivity index (χ2n) is 5.43. The molecule has 0 atom stereocenters. The van der Waals surface area contributed by atoms with Gasteiger partial charge in [-0.05, 0) is 36.2 Å². The Morgan fingerprint density at radius 1 is 1.00 bits per heavy atom. The smallest absolute Gasteiger partial charge is 0.224 e. The zero-order valence-electron chi connectivity index (χ0n) is 13.1. The number of nitrogens with one attached hydrogen (secondary N) is 1. The molecule has 0 radical (unpaired) electrons. The average molecular weight is 319 g/mol. The zero-order chi connectivity index (χ0) is 16.8. The summed E-state index contributed by atoms with van der Waals surface area (Å²) in [6.45, 7) is 0. The molecule has 1 amide bonds. The third kappa shape index (κ3) is 3.98. The summed E-state index contributed by atoms with van der Waals surface area (Å²) in [5.74, 6) is 0.837. The number of hydrogen-bond acceptors (Lipinski definition) is 3. The number of aryl methyl sites for hydroxylation is 1. The van der Waals surface area contributed by atoms with Crippen molar-refractivity contribution in [3.63, 3.8) is 0 Å². The molecule has 1 heterocycles. The van der Waals surface area contributed by atoms with Crippen LogP contribution in [0.2, 0.25) is 0 Å². The van der Waals surface area contributed by atoms with Gasteiger partial charge in [0, 0.05) is 17.7 Å². The van der Waals surface area contributed by atoms with Gasteiger partial charge < -0.3 is 9.73 Å². The third-order valence-electron chi connectivity index (χ3n) is 3.66. The minimum Gasteiger partial charge on any atom is -0.453 e. The molecule has 0 aliphatic rings. The van der Waals surface area contributed by atoms with E-state index in [1.807, 2.05) is 54.6 Å². The largest absolute Gasteiger partial charge is 0.453 e. The maximum atomic E-state index is 12.1. The number of benzene rings is 2. The van der Waals surface area contributed by atoms with E-state index in [-0.39, 0.29) is 11.7 Å². The fraction of sp³-hybridized carbons (Fsp3) is 0.100. The summed E-state index contributed by atoms with van der Waals surface area (Å²) in [7, 11) is 0. The first-order valence-electron chi connectivity index (χ1n) is 7.74. The molecule has 0 saturated carbocycles. The number of rotatable bonds is 6. The van der Waals surface area contributed by atoms with Crippen LogP contribution < -0.4 is 5.32 Å². The number of amides is 1. The quantitative estimate of drug-likeness (QED) is 0.688. The van der Waals surface area contributed by atoms with Gasteiger partial charge in [-0.1, -0.05) is 42.5 Å². The fourth-order valence-corrected chi connectivity index (χ4v) is 2.45. The summed E-state index contributed by atoms with van der Waals surface area (Å²) in [4.78, 5) is 22.8. The highest BCUT2D eigenvalue weighted by atomic mass is 16.3. The molecule has 0 aliphatic carbocycles. The van der Waals surface area contributed by atoms with E-state index in [0.29, 0.717) is 30.6 Å². The van der Waals surface area contributed by atoms with Gasteiger partial charge in [0.25, 0.3) is 0 Å². The summed E-state index contributed by atoms with van der Waals surface area (Å²) in [5, 5.41) is 2.89. The van der Waals surface area contributed by atoms with Crippen molar-refractivity contribution in [1.29, 1.82) is 0 Å². The average Bonchev–Trinajstić information content (AvgIpc) is 3.10. The molecule has 4 heteroatoms. The van der Waals surface area contributed by atoms with Crippen molar-refractivity contribution in [3.8, 4) is 11.3 Å². The Morgan fingerprint density at radius 3 is 2.58 bits per heavy atom. The van der Waals surface area contributed by atoms with Gasteiger partial charge in [0.2, 0.25) is 5.91 Å². The lowest BCUT2D eigenvalue weighted by atomic mass is 10.1. The number of anilines is 1. The van der Waals surface area contributed by atoms with Crippen LogP contribution in [0.1, 0.15) is 22.5 Å². The lowest BCUT2D eigenvalue weighted by molar-refractivity contribution is -0.116. The highest BCUT2D eigenvalue weighted by Gasteiger charge is 2.07. The van der Waals surface area contributed by atoms with Crippen LogP contribution in [0.25, 0.3) is 11.3 Å². The molecule has 3 rings (SSSR count). The van der Waals surface area contributed by atoms with Crippen LogP contribution in [0, 0.1) is 0 Å². The van der Waals surface area contributed by atoms with Crippen molar-refractivity contribution in [1.82, 2.24) is 0 Å². The van der Waals surface area contributed by atoms with Gasteiger partial charge >= 0.3 is 0 Å². The zero-order valence-corrected chi connectivity index (χ0v) is 13.1. The van der Waals surface area contributed by atoms with E-state index in [2.05, 4.69) is 5.32 Å². The van der Waals surface area contributed by atoms with E-state index in [1.165, 1.54) is 0 Å². The van der Waals surface area contributed by atoms with Crippen molar-refractivity contribution >= 4 is 17.9 Å². The molecule has 3 aromatic rings. The van der Waals surface area contributed by atoms with Crippen molar-refractivity contribution in [2.75, 3.05) is 5.32 Å². The summed E-state index contributed by atoms with van der Waals surface area (Å²) >= 11 is 0. The van der Waals surface area contributed by atoms with E-state index in [9.17, 15) is 9.59 Å². The molecular weight excluding hydrogens is 302 g/mol. The van der Waals surface area contributed by atoms with Gasteiger partial charge in [-0.3, -0.25) is 9.59 Å². The molecule has 0 spiro atoms. The Balaban J connectivity index is 1.63. The fourth-order valence-electron chi connectivity index (χ4n) is 2.45. The minimum absolute atomic E-state index is 0.0379. The standard InChI is InChI=1S/C20H17NO3/c22-14-18-10-11-19(24-18)16-7-4-8-17(13-16)21-20(23)12-9-15-5-2-1-3-6-15/h1-8,10-11,13-14H,9,12H2,(H,21,23). The van der Waals surface area contributed by atoms with Crippen molar-refractivity contribution in [2.24, 2.45) is 0 Å². The van der Waals surface area contributed by atoms with Gasteiger partial charge in [-0.2, -0.15) is 0 Å². The predicted molar refractivity (Wildman–Crippen MR) is 92.9 cm³/mol. The third-order valence-corrected chi connectivity index (χ3v) is 3.66. The molecule has 120 valence electrons. The highest BCUT2D eigenvalue weighted by Crippen LogP contribution is 2.24. The number of carbonyl (C=O) groups is 2. The van der Waals surface area contributed by atoms with Crippen LogP contribution >= 0.6 is 0 Å². The van der Waals surface area contributed by atoms with Crippen LogP contribution in [0.5, 0.6) is 0 Å². The summed E-state index contributed by atoms with van der Waals surface area (Å²) < 4.78 is 5.40. The van der Waals surface area contributed by atoms with Crippen LogP contribution in [0.15, 0.2) is 71.1 Å². The Morgan fingerprint density at radius 2 is 1.83 bits per heavy atom. The molecule has 0 aliphatic heterocycles. The van der Waals surface area contributed by atoms with Crippen LogP contribution in [0.4, 0.5) is 5.69 Å². The van der Waals surface area contributed by atoms with Crippen LogP contribution in [-0.2, 0) is 11.2 Å². The Bertz CT molecular complexity index is 837. The molecule has 1 N–H and O–H groups in total. The van der Waals surface area contributed by atoms with Crippen LogP contribution in [-0.4, -0.2) is 12.2 Å². The lowest BCUT2D eigenvalue weighted by Crippen LogP contribution is -2.12. The Labute approximate surface area is 140 Å². The lowest BCUT2D eigenvalue weighted by Gasteiger charge is -2.07. The van der Waals surface area contributed by atoms with E-state index in [0.717, 1.165) is 11.1 Å². The van der Waals surface area contributed by atoms with E-state index in [1.54, 1.807) is 12.1 Å². The molecule has 1 aromatic heterocycles. The number of aldehydes is 1. The molecule has 24 heavy (non-hydrogen) atoms. The molecule has 0 fully saturated rings. The van der Waals surface area contributed by atoms with Crippen LogP contribution in [0.3, 0.4) is 0 Å². The minimum atomic E-state index is -0.0379. The van der Waals surface area contributed by atoms with Gasteiger partial charge in [0.05, 0.1) is 0 Å². The van der Waals surface area contributed by atoms with E-state index >= 15 is 0 Å². The summed E-state index contributed by atoms with van der Waals surface area (Å²) in [5.41, 5.74) is 2.65. The SMILES string of the molecule is O=Cc1ccc(-c2cccc(NC(=O)CCc3ccccc3)c2)o1. The molecule has 0 unspecified atom stereocenters. The molecular formula is C20H17NO3. The molecule has 0 bridgehead atoms. The van der Waals surface area contributed by atoms with Crippen molar-refractivity contribution in [2.45, 2.75) is 12.8 Å². The number of hydrogen-bond donors (Lipinski definition) is 1. The summed E-state index contributed by atoms with van der Waals surface area (Å²) in [6.07, 6.45) is 1.79. The first-order valence-corrected chi connectivity index (χ1v) is 7.74. The highest BCUT2D eigenvalue weighted by molar-refractivity contribution is 5.91. The molecule has 4 nitrogen and oxygen atoms in total. The summed E-state index contributed by atoms with van der Waals surface area (Å²) in [6, 6.07) is 20.6. The second-order valence-corrected chi connectivity index (χ2v) is 5.43. The topological polar surface area (TPSA) is 59.3 Å². The first-order chi connectivity index (χ1) is 11.7. The maximum Gasteiger partial charge on any atom is 0.224 e. The Hall–Kier alpha value is -3.14. The molecule has 2 aromatic carbocycles. The predicted octanol–water partition coefficient (Wildman–Crippen LogP) is 4.33. The van der Waals surface area contributed by atoms with E-state index in [4.69, 9.17) is 4.42 Å². The van der Waals surface area contributed by atoms with Crippen molar-refractivity contribution in [3.05, 3.63) is 78.1 Å². The van der Waals surface area contributed by atoms with Crippen molar-refractivity contribution < 1.29 is 14.0 Å². The number of carbonyl (C=O) groups excluding carboxylic acids is 2. The monoisotopic (exact) mass is 319 g/mol. The second kappa shape index (κ2) is 7.42. The number of furan rings is 1. The first kappa shape index (κ1) is 15.7. The van der Waals surface area contributed by atoms with Gasteiger partial charge in [0.15, 0.2) is 12.0 Å².